The second-order valence-corrected chi connectivity index (χ2v) is 6.10. The average molecular weight is 403 g/mol. The smallest absolute Gasteiger partial charge is 0.289 e. The molecule has 1 aliphatic heterocycles. The van der Waals surface area contributed by atoms with Gasteiger partial charge < -0.3 is 15.6 Å². The molecule has 4 nitrogen and oxygen atoms in total. The largest absolute Gasteiger partial charge is 0.396 e. The van der Waals surface area contributed by atoms with Crippen LogP contribution in [0.3, 0.4) is 0 Å². The first-order chi connectivity index (χ1) is 9.99. The van der Waals surface area contributed by atoms with Crippen LogP contribution in [0.25, 0.3) is 0 Å². The Kier molecular flexibility index (Phi) is 3.60. The molecule has 0 fully saturated rings. The Morgan fingerprint density at radius 3 is 2.81 bits per heavy atom. The van der Waals surface area contributed by atoms with E-state index >= 15 is 0 Å². The van der Waals surface area contributed by atoms with Gasteiger partial charge in [0.25, 0.3) is 5.56 Å². The molecule has 0 amide bonds. The average Bonchev–Trinajstić information content (AvgIpc) is 2.93. The van der Waals surface area contributed by atoms with E-state index in [1.165, 1.54) is 16.7 Å². The zero-order valence-electron chi connectivity index (χ0n) is 10.9. The van der Waals surface area contributed by atoms with Crippen LogP contribution >= 0.6 is 22.6 Å². The summed E-state index contributed by atoms with van der Waals surface area (Å²) in [7, 11) is 0. The molecule has 2 aromatic rings. The highest BCUT2D eigenvalue weighted by Crippen LogP contribution is 2.31. The first-order valence-corrected chi connectivity index (χ1v) is 7.49. The van der Waals surface area contributed by atoms with Crippen molar-refractivity contribution in [1.29, 1.82) is 0 Å². The lowest BCUT2D eigenvalue weighted by Crippen LogP contribution is -2.25. The molecule has 0 aliphatic carbocycles. The monoisotopic (exact) mass is 403 g/mol. The van der Waals surface area contributed by atoms with Crippen molar-refractivity contribution in [2.24, 2.45) is 0 Å². The van der Waals surface area contributed by atoms with Gasteiger partial charge in [-0.15, -0.1) is 0 Å². The van der Waals surface area contributed by atoms with Gasteiger partial charge in [-0.1, -0.05) is 0 Å². The van der Waals surface area contributed by atoms with Gasteiger partial charge in [-0.05, 0) is 53.6 Å². The number of hydrogen-bond acceptors (Lipinski definition) is 3. The van der Waals surface area contributed by atoms with Crippen molar-refractivity contribution < 1.29 is 8.78 Å². The van der Waals surface area contributed by atoms with Crippen molar-refractivity contribution in [3.8, 4) is 0 Å². The molecule has 0 spiro atoms. The Morgan fingerprint density at radius 2 is 2.10 bits per heavy atom. The number of nitrogen functional groups attached to an aromatic ring is 1. The van der Waals surface area contributed by atoms with E-state index in [0.717, 1.165) is 9.99 Å². The third-order valence-electron chi connectivity index (χ3n) is 3.54. The molecule has 0 saturated heterocycles. The SMILES string of the molecule is Nc1c(Nc2ccc(I)cc2F)c(F)c(=O)n2c1CCC2. The standard InChI is InChI=1S/C14H12F2IN3O/c15-8-6-7(17)3-4-9(8)19-13-11(16)14(21)20-5-1-2-10(20)12(13)18/h3-4,6,19H,1-2,5,18H2. The van der Waals surface area contributed by atoms with Crippen LogP contribution in [0.4, 0.5) is 25.8 Å². The highest BCUT2D eigenvalue weighted by molar-refractivity contribution is 14.1. The van der Waals surface area contributed by atoms with Gasteiger partial charge in [0.15, 0.2) is 0 Å². The fourth-order valence-electron chi connectivity index (χ4n) is 2.51. The Labute approximate surface area is 133 Å². The van der Waals surface area contributed by atoms with Crippen LogP contribution in [-0.2, 0) is 13.0 Å². The number of anilines is 3. The lowest BCUT2D eigenvalue weighted by atomic mass is 10.2. The van der Waals surface area contributed by atoms with Gasteiger partial charge in [-0.25, -0.2) is 4.39 Å². The summed E-state index contributed by atoms with van der Waals surface area (Å²) in [5.74, 6) is -1.50. The number of hydrogen-bond donors (Lipinski definition) is 2. The second kappa shape index (κ2) is 5.28. The number of nitrogens with zero attached hydrogens (tertiary/aromatic N) is 1. The van der Waals surface area contributed by atoms with Crippen LogP contribution in [0.1, 0.15) is 12.1 Å². The van der Waals surface area contributed by atoms with Gasteiger partial charge in [-0.2, -0.15) is 4.39 Å². The molecular formula is C14H12F2IN3O. The van der Waals surface area contributed by atoms with E-state index in [1.807, 2.05) is 22.6 Å². The first kappa shape index (κ1) is 14.3. The van der Waals surface area contributed by atoms with Crippen LogP contribution in [0, 0.1) is 15.2 Å². The summed E-state index contributed by atoms with van der Waals surface area (Å²) in [6, 6.07) is 4.48. The second-order valence-electron chi connectivity index (χ2n) is 4.86. The van der Waals surface area contributed by atoms with Crippen molar-refractivity contribution in [2.75, 3.05) is 11.1 Å². The molecule has 2 heterocycles. The van der Waals surface area contributed by atoms with Crippen molar-refractivity contribution in [3.05, 3.63) is 49.5 Å². The summed E-state index contributed by atoms with van der Waals surface area (Å²) in [4.78, 5) is 12.0. The zero-order valence-corrected chi connectivity index (χ0v) is 13.1. The lowest BCUT2D eigenvalue weighted by molar-refractivity contribution is 0.582. The summed E-state index contributed by atoms with van der Waals surface area (Å²) < 4.78 is 30.1. The number of rotatable bonds is 2. The molecule has 0 atom stereocenters. The van der Waals surface area contributed by atoms with Crippen molar-refractivity contribution in [3.63, 3.8) is 0 Å². The summed E-state index contributed by atoms with van der Waals surface area (Å²) >= 11 is 1.98. The van der Waals surface area contributed by atoms with Crippen molar-refractivity contribution >= 4 is 39.7 Å². The van der Waals surface area contributed by atoms with Crippen molar-refractivity contribution in [1.82, 2.24) is 4.57 Å². The molecule has 3 rings (SSSR count). The molecule has 0 unspecified atom stereocenters. The highest BCUT2D eigenvalue weighted by atomic mass is 127. The Morgan fingerprint density at radius 1 is 1.33 bits per heavy atom. The van der Waals surface area contributed by atoms with Crippen LogP contribution in [0.2, 0.25) is 0 Å². The van der Waals surface area contributed by atoms with Crippen LogP contribution in [-0.4, -0.2) is 4.57 Å². The summed E-state index contributed by atoms with van der Waals surface area (Å²) in [6.07, 6.45) is 1.37. The van der Waals surface area contributed by atoms with E-state index in [1.54, 1.807) is 6.07 Å². The molecule has 0 bridgehead atoms. The first-order valence-electron chi connectivity index (χ1n) is 6.41. The molecule has 0 radical (unpaired) electrons. The number of benzene rings is 1. The van der Waals surface area contributed by atoms with E-state index in [2.05, 4.69) is 5.32 Å². The van der Waals surface area contributed by atoms with Crippen LogP contribution in [0.15, 0.2) is 23.0 Å². The molecule has 1 aromatic carbocycles. The molecule has 1 aromatic heterocycles. The molecule has 3 N–H and O–H groups in total. The Hall–Kier alpha value is -1.64. The number of fused-ring (bicyclic) bond motifs is 1. The number of halogens is 3. The van der Waals surface area contributed by atoms with Crippen molar-refractivity contribution in [2.45, 2.75) is 19.4 Å². The van der Waals surface area contributed by atoms with E-state index in [9.17, 15) is 13.6 Å². The molecular weight excluding hydrogens is 391 g/mol. The molecule has 1 aliphatic rings. The maximum Gasteiger partial charge on any atom is 0.289 e. The minimum atomic E-state index is -0.976. The third-order valence-corrected chi connectivity index (χ3v) is 4.22. The normalized spacial score (nSPS) is 13.3. The summed E-state index contributed by atoms with van der Waals surface area (Å²) in [5, 5.41) is 2.61. The van der Waals surface area contributed by atoms with Gasteiger partial charge in [-0.3, -0.25) is 4.79 Å². The fourth-order valence-corrected chi connectivity index (χ4v) is 2.97. The topological polar surface area (TPSA) is 60.0 Å². The number of nitrogens with one attached hydrogen (secondary N) is 1. The Bertz CT molecular complexity index is 789. The Balaban J connectivity index is 2.11. The quantitative estimate of drug-likeness (QED) is 0.759. The van der Waals surface area contributed by atoms with Crippen LogP contribution < -0.4 is 16.6 Å². The molecule has 0 saturated carbocycles. The van der Waals surface area contributed by atoms with E-state index in [4.69, 9.17) is 5.73 Å². The summed E-state index contributed by atoms with van der Waals surface area (Å²) in [5.41, 5.74) is 5.95. The molecule has 7 heteroatoms. The number of nitrogens with two attached hydrogens (primary N) is 1. The van der Waals surface area contributed by atoms with Gasteiger partial charge in [0, 0.05) is 15.8 Å². The van der Waals surface area contributed by atoms with E-state index in [0.29, 0.717) is 18.7 Å². The van der Waals surface area contributed by atoms with Gasteiger partial charge in [0.05, 0.1) is 11.4 Å². The van der Waals surface area contributed by atoms with Gasteiger partial charge in [0.1, 0.15) is 11.5 Å². The minimum absolute atomic E-state index is 0.0864. The zero-order chi connectivity index (χ0) is 15.1. The predicted octanol–water partition coefficient (Wildman–Crippen LogP) is 3.00. The number of aromatic nitrogens is 1. The van der Waals surface area contributed by atoms with Gasteiger partial charge >= 0.3 is 0 Å². The lowest BCUT2D eigenvalue weighted by Gasteiger charge is -2.15. The van der Waals surface area contributed by atoms with E-state index < -0.39 is 17.2 Å². The molecule has 21 heavy (non-hydrogen) atoms. The fraction of sp³-hybridized carbons (Fsp3) is 0.214. The minimum Gasteiger partial charge on any atom is -0.396 e. The maximum absolute atomic E-state index is 14.2. The predicted molar refractivity (Wildman–Crippen MR) is 85.8 cm³/mol. The van der Waals surface area contributed by atoms with Gasteiger partial charge in [0.2, 0.25) is 5.82 Å². The third kappa shape index (κ3) is 2.39. The molecule has 110 valence electrons. The summed E-state index contributed by atoms with van der Waals surface area (Å²) in [6.45, 7) is 0.466. The highest BCUT2D eigenvalue weighted by Gasteiger charge is 2.23. The van der Waals surface area contributed by atoms with E-state index in [-0.39, 0.29) is 17.1 Å². The van der Waals surface area contributed by atoms with Crippen LogP contribution in [0.5, 0.6) is 0 Å². The number of pyridine rings is 1. The maximum atomic E-state index is 14.2.